The number of aliphatic carboxylic acids is 3. The maximum absolute atomic E-state index is 11.1. The van der Waals surface area contributed by atoms with Crippen molar-refractivity contribution in [3.05, 3.63) is 12.2 Å². The van der Waals surface area contributed by atoms with Gasteiger partial charge in [-0.1, -0.05) is 109 Å². The SMILES string of the molecule is CCCCCCCCCCCCCCCCC/C=C/CC[N+](CCC(=O)O)(CCC(=O)O)CCC(=O)O. The molecule has 0 fully saturated rings. The van der Waals surface area contributed by atoms with Gasteiger partial charge < -0.3 is 19.8 Å². The first-order valence-corrected chi connectivity index (χ1v) is 15.0. The molecule has 0 aliphatic heterocycles. The number of quaternary nitrogens is 1. The molecule has 216 valence electrons. The average molecular weight is 527 g/mol. The van der Waals surface area contributed by atoms with Gasteiger partial charge in [-0.3, -0.25) is 14.4 Å². The Morgan fingerprint density at radius 3 is 1.16 bits per heavy atom. The summed E-state index contributed by atoms with van der Waals surface area (Å²) in [5.41, 5.74) is 0. The average Bonchev–Trinajstić information content (AvgIpc) is 2.85. The second-order valence-corrected chi connectivity index (χ2v) is 10.7. The van der Waals surface area contributed by atoms with Crippen LogP contribution in [0, 0.1) is 0 Å². The Kier molecular flexibility index (Phi) is 23.2. The quantitative estimate of drug-likeness (QED) is 0.0555. The fraction of sp³-hybridized carbons (Fsp3) is 0.833. The molecule has 0 amide bonds. The Morgan fingerprint density at radius 2 is 0.811 bits per heavy atom. The predicted molar refractivity (Wildman–Crippen MR) is 150 cm³/mol. The smallest absolute Gasteiger partial charge is 0.309 e. The summed E-state index contributed by atoms with van der Waals surface area (Å²) >= 11 is 0. The molecule has 7 nitrogen and oxygen atoms in total. The number of nitrogens with zero attached hydrogens (tertiary/aromatic N) is 1. The molecule has 0 aromatic carbocycles. The third-order valence-corrected chi connectivity index (χ3v) is 7.31. The molecule has 0 radical (unpaired) electrons. The second kappa shape index (κ2) is 24.4. The van der Waals surface area contributed by atoms with Gasteiger partial charge in [0.15, 0.2) is 0 Å². The minimum atomic E-state index is -0.947. The Balaban J connectivity index is 4.00. The zero-order valence-corrected chi connectivity index (χ0v) is 23.6. The van der Waals surface area contributed by atoms with Crippen molar-refractivity contribution >= 4 is 17.9 Å². The van der Waals surface area contributed by atoms with Crippen LogP contribution in [0.5, 0.6) is 0 Å². The molecule has 0 aromatic heterocycles. The van der Waals surface area contributed by atoms with Gasteiger partial charge in [-0.2, -0.15) is 0 Å². The van der Waals surface area contributed by atoms with E-state index in [1.807, 2.05) is 0 Å². The molecule has 3 N–H and O–H groups in total. The fourth-order valence-corrected chi connectivity index (χ4v) is 4.89. The van der Waals surface area contributed by atoms with Crippen molar-refractivity contribution in [3.63, 3.8) is 0 Å². The summed E-state index contributed by atoms with van der Waals surface area (Å²) in [6, 6.07) is 0. The lowest BCUT2D eigenvalue weighted by atomic mass is 10.0. The van der Waals surface area contributed by atoms with E-state index in [-0.39, 0.29) is 43.4 Å². The first-order chi connectivity index (χ1) is 17.8. The van der Waals surface area contributed by atoms with E-state index in [1.165, 1.54) is 89.9 Å². The number of rotatable bonds is 28. The first kappa shape index (κ1) is 35.1. The van der Waals surface area contributed by atoms with Crippen molar-refractivity contribution in [2.24, 2.45) is 0 Å². The third-order valence-electron chi connectivity index (χ3n) is 7.31. The van der Waals surface area contributed by atoms with Gasteiger partial charge in [0.25, 0.3) is 0 Å². The van der Waals surface area contributed by atoms with E-state index >= 15 is 0 Å². The number of carbonyl (C=O) groups is 3. The second-order valence-electron chi connectivity index (χ2n) is 10.7. The van der Waals surface area contributed by atoms with Crippen molar-refractivity contribution < 1.29 is 34.2 Å². The van der Waals surface area contributed by atoms with E-state index in [2.05, 4.69) is 19.1 Å². The summed E-state index contributed by atoms with van der Waals surface area (Å²) in [5.74, 6) is -2.84. The van der Waals surface area contributed by atoms with E-state index in [1.54, 1.807) is 0 Å². The molecular formula is C30H56NO6+. The minimum absolute atomic E-state index is 0.0952. The fourth-order valence-electron chi connectivity index (χ4n) is 4.89. The monoisotopic (exact) mass is 526 g/mol. The lowest BCUT2D eigenvalue weighted by molar-refractivity contribution is -0.926. The molecule has 0 rings (SSSR count). The molecular weight excluding hydrogens is 470 g/mol. The summed E-state index contributed by atoms with van der Waals surface area (Å²) in [7, 11) is 0. The number of carboxylic acids is 3. The standard InChI is InChI=1S/C30H55NO6/c1-2-3-4-5-6-7-8-9-10-11-12-13-14-15-16-17-18-19-20-24-31(25-21-28(32)33,26-22-29(34)35)27-23-30(36)37/h18-19H,2-17,20-27H2,1H3,(H2-,32,33,34,35,36,37)/p+1/b19-18+. The minimum Gasteiger partial charge on any atom is -0.481 e. The largest absolute Gasteiger partial charge is 0.481 e. The van der Waals surface area contributed by atoms with Crippen LogP contribution in [0.2, 0.25) is 0 Å². The van der Waals surface area contributed by atoms with Crippen molar-refractivity contribution in [1.29, 1.82) is 0 Å². The van der Waals surface area contributed by atoms with Gasteiger partial charge in [0.05, 0.1) is 45.4 Å². The van der Waals surface area contributed by atoms with E-state index in [9.17, 15) is 14.4 Å². The molecule has 0 unspecified atom stereocenters. The molecule has 0 aromatic rings. The maximum atomic E-state index is 11.1. The van der Waals surface area contributed by atoms with E-state index in [0.717, 1.165) is 12.8 Å². The summed E-state index contributed by atoms with van der Waals surface area (Å²) in [4.78, 5) is 33.3. The van der Waals surface area contributed by atoms with Crippen LogP contribution in [-0.2, 0) is 14.4 Å². The van der Waals surface area contributed by atoms with Gasteiger partial charge in [0.1, 0.15) is 0 Å². The van der Waals surface area contributed by atoms with Crippen LogP contribution in [-0.4, -0.2) is 63.9 Å². The molecule has 0 aliphatic carbocycles. The number of allylic oxidation sites excluding steroid dienone is 1. The van der Waals surface area contributed by atoms with Gasteiger partial charge in [-0.25, -0.2) is 0 Å². The molecule has 0 bridgehead atoms. The van der Waals surface area contributed by atoms with Crippen LogP contribution < -0.4 is 0 Å². The highest BCUT2D eigenvalue weighted by Crippen LogP contribution is 2.16. The third kappa shape index (κ3) is 24.2. The van der Waals surface area contributed by atoms with Gasteiger partial charge in [-0.05, 0) is 12.8 Å². The van der Waals surface area contributed by atoms with Crippen molar-refractivity contribution in [1.82, 2.24) is 0 Å². The van der Waals surface area contributed by atoms with Crippen molar-refractivity contribution in [2.45, 2.75) is 135 Å². The highest BCUT2D eigenvalue weighted by atomic mass is 16.4. The molecule has 0 saturated heterocycles. The zero-order chi connectivity index (χ0) is 27.6. The van der Waals surface area contributed by atoms with Crippen LogP contribution in [0.25, 0.3) is 0 Å². The van der Waals surface area contributed by atoms with Crippen LogP contribution in [0.15, 0.2) is 12.2 Å². The molecule has 7 heteroatoms. The van der Waals surface area contributed by atoms with Crippen LogP contribution in [0.4, 0.5) is 0 Å². The van der Waals surface area contributed by atoms with Crippen LogP contribution >= 0.6 is 0 Å². The number of hydrogen-bond donors (Lipinski definition) is 3. The Hall–Kier alpha value is -1.89. The van der Waals surface area contributed by atoms with Crippen LogP contribution in [0.1, 0.15) is 135 Å². The summed E-state index contributed by atoms with van der Waals surface area (Å²) in [6.45, 7) is 3.58. The number of unbranched alkanes of at least 4 members (excludes halogenated alkanes) is 15. The summed E-state index contributed by atoms with van der Waals surface area (Å²) in [5, 5.41) is 27.3. The van der Waals surface area contributed by atoms with Gasteiger partial charge >= 0.3 is 17.9 Å². The van der Waals surface area contributed by atoms with Crippen LogP contribution in [0.3, 0.4) is 0 Å². The van der Waals surface area contributed by atoms with Crippen molar-refractivity contribution in [3.8, 4) is 0 Å². The maximum Gasteiger partial charge on any atom is 0.309 e. The molecule has 0 saturated carbocycles. The Morgan fingerprint density at radius 1 is 0.486 bits per heavy atom. The van der Waals surface area contributed by atoms with E-state index in [0.29, 0.717) is 13.0 Å². The highest BCUT2D eigenvalue weighted by molar-refractivity contribution is 5.67. The van der Waals surface area contributed by atoms with Gasteiger partial charge in [0.2, 0.25) is 0 Å². The topological polar surface area (TPSA) is 112 Å². The molecule has 0 atom stereocenters. The van der Waals surface area contributed by atoms with Gasteiger partial charge in [-0.15, -0.1) is 0 Å². The highest BCUT2D eigenvalue weighted by Gasteiger charge is 2.29. The molecule has 0 spiro atoms. The van der Waals surface area contributed by atoms with E-state index in [4.69, 9.17) is 15.3 Å². The molecule has 37 heavy (non-hydrogen) atoms. The van der Waals surface area contributed by atoms with Gasteiger partial charge in [0, 0.05) is 6.42 Å². The molecule has 0 heterocycles. The van der Waals surface area contributed by atoms with E-state index < -0.39 is 17.9 Å². The number of hydrogen-bond acceptors (Lipinski definition) is 3. The predicted octanol–water partition coefficient (Wildman–Crippen LogP) is 7.44. The summed E-state index contributed by atoms with van der Waals surface area (Å²) < 4.78 is 0.216. The lowest BCUT2D eigenvalue weighted by Crippen LogP contribution is -2.52. The summed E-state index contributed by atoms with van der Waals surface area (Å²) in [6.07, 6.45) is 25.9. The number of carboxylic acid groups (broad SMARTS) is 3. The Bertz CT molecular complexity index is 574. The lowest BCUT2D eigenvalue weighted by Gasteiger charge is -2.37. The molecule has 0 aliphatic rings. The van der Waals surface area contributed by atoms with Crippen molar-refractivity contribution in [2.75, 3.05) is 26.2 Å². The Labute approximate surface area is 225 Å². The normalized spacial score (nSPS) is 11.8. The first-order valence-electron chi connectivity index (χ1n) is 15.0. The zero-order valence-electron chi connectivity index (χ0n) is 23.6.